The summed E-state index contributed by atoms with van der Waals surface area (Å²) in [4.78, 5) is 16.6. The van der Waals surface area contributed by atoms with Crippen molar-refractivity contribution in [3.8, 4) is 0 Å². The van der Waals surface area contributed by atoms with Crippen molar-refractivity contribution in [3.05, 3.63) is 41.9 Å². The van der Waals surface area contributed by atoms with Crippen LogP contribution in [0.25, 0.3) is 11.0 Å². The Balaban J connectivity index is 2.19. The number of aryl methyl sites for hydroxylation is 1. The fourth-order valence-corrected chi connectivity index (χ4v) is 2.26. The van der Waals surface area contributed by atoms with Crippen molar-refractivity contribution in [3.63, 3.8) is 0 Å². The molecule has 0 spiro atoms. The number of nitrogen functional groups attached to an aromatic ring is 1. The van der Waals surface area contributed by atoms with Gasteiger partial charge in [0, 0.05) is 11.9 Å². The molecule has 0 radical (unpaired) electrons. The number of hydrogen-bond acceptors (Lipinski definition) is 5. The Bertz CT molecular complexity index is 732. The molecule has 6 nitrogen and oxygen atoms in total. The third kappa shape index (κ3) is 1.81. The van der Waals surface area contributed by atoms with Gasteiger partial charge in [-0.3, -0.25) is 0 Å². The molecule has 3 aromatic rings. The van der Waals surface area contributed by atoms with Crippen LogP contribution in [0, 0.1) is 13.8 Å². The molecule has 0 fully saturated rings. The highest BCUT2D eigenvalue weighted by atomic mass is 15.1. The summed E-state index contributed by atoms with van der Waals surface area (Å²) in [6, 6.07) is 1.89. The van der Waals surface area contributed by atoms with Crippen molar-refractivity contribution < 1.29 is 0 Å². The van der Waals surface area contributed by atoms with E-state index in [1.165, 1.54) is 6.33 Å². The van der Waals surface area contributed by atoms with Crippen LogP contribution >= 0.6 is 0 Å². The van der Waals surface area contributed by atoms with Crippen LogP contribution in [0.5, 0.6) is 0 Å². The molecule has 0 aliphatic rings. The first-order valence-electron chi connectivity index (χ1n) is 5.99. The van der Waals surface area contributed by atoms with Crippen LogP contribution in [-0.4, -0.2) is 24.5 Å². The highest BCUT2D eigenvalue weighted by Gasteiger charge is 2.15. The summed E-state index contributed by atoms with van der Waals surface area (Å²) in [5, 5.41) is 0.925. The van der Waals surface area contributed by atoms with Gasteiger partial charge in [0.2, 0.25) is 0 Å². The number of fused-ring (bicyclic) bond motifs is 1. The van der Waals surface area contributed by atoms with E-state index in [9.17, 15) is 0 Å². The lowest BCUT2D eigenvalue weighted by Crippen LogP contribution is -2.05. The molecule has 0 aliphatic heterocycles. The van der Waals surface area contributed by atoms with E-state index in [-0.39, 0.29) is 0 Å². The third-order valence-corrected chi connectivity index (χ3v) is 3.40. The second-order valence-corrected chi connectivity index (χ2v) is 4.45. The maximum Gasteiger partial charge on any atom is 0.146 e. The van der Waals surface area contributed by atoms with Gasteiger partial charge in [0.1, 0.15) is 24.1 Å². The smallest absolute Gasteiger partial charge is 0.146 e. The average molecular weight is 254 g/mol. The van der Waals surface area contributed by atoms with E-state index >= 15 is 0 Å². The minimum absolute atomic E-state index is 0.520. The molecule has 0 aromatic carbocycles. The molecule has 96 valence electrons. The summed E-state index contributed by atoms with van der Waals surface area (Å²) >= 11 is 0. The van der Waals surface area contributed by atoms with Gasteiger partial charge in [-0.05, 0) is 25.5 Å². The van der Waals surface area contributed by atoms with E-state index < -0.39 is 0 Å². The maximum absolute atomic E-state index is 5.94. The van der Waals surface area contributed by atoms with Gasteiger partial charge in [-0.25, -0.2) is 19.9 Å². The second kappa shape index (κ2) is 4.31. The molecule has 3 aromatic heterocycles. The first-order chi connectivity index (χ1) is 9.18. The van der Waals surface area contributed by atoms with Crippen LogP contribution in [-0.2, 0) is 6.54 Å². The first-order valence-corrected chi connectivity index (χ1v) is 5.99. The quantitative estimate of drug-likeness (QED) is 0.748. The Morgan fingerprint density at radius 3 is 2.74 bits per heavy atom. The topological polar surface area (TPSA) is 82.5 Å². The van der Waals surface area contributed by atoms with Gasteiger partial charge in [0.25, 0.3) is 0 Å². The molecule has 2 N–H and O–H groups in total. The lowest BCUT2D eigenvalue weighted by atomic mass is 10.2. The Morgan fingerprint density at radius 2 is 2.00 bits per heavy atom. The predicted octanol–water partition coefficient (Wildman–Crippen LogP) is 1.47. The van der Waals surface area contributed by atoms with E-state index in [4.69, 9.17) is 5.73 Å². The maximum atomic E-state index is 5.94. The van der Waals surface area contributed by atoms with Gasteiger partial charge in [0.05, 0.1) is 17.6 Å². The van der Waals surface area contributed by atoms with E-state index in [1.807, 2.05) is 13.0 Å². The van der Waals surface area contributed by atoms with E-state index in [0.717, 1.165) is 28.0 Å². The van der Waals surface area contributed by atoms with Crippen LogP contribution in [0.1, 0.15) is 17.0 Å². The summed E-state index contributed by atoms with van der Waals surface area (Å²) < 4.78 is 2.10. The van der Waals surface area contributed by atoms with E-state index in [1.54, 1.807) is 12.5 Å². The zero-order valence-electron chi connectivity index (χ0n) is 10.8. The number of hydrogen-bond donors (Lipinski definition) is 1. The molecule has 0 aliphatic carbocycles. The molecule has 0 saturated heterocycles. The molecular formula is C13H14N6. The second-order valence-electron chi connectivity index (χ2n) is 4.45. The SMILES string of the molecule is Cc1c(C)n(Cc2ccncn2)c2ncnc(N)c12. The largest absolute Gasteiger partial charge is 0.383 e. The first kappa shape index (κ1) is 11.6. The Hall–Kier alpha value is -2.50. The van der Waals surface area contributed by atoms with Crippen LogP contribution in [0.4, 0.5) is 5.82 Å². The highest BCUT2D eigenvalue weighted by molar-refractivity contribution is 5.90. The van der Waals surface area contributed by atoms with Crippen LogP contribution < -0.4 is 5.73 Å². The van der Waals surface area contributed by atoms with Crippen molar-refractivity contribution in [2.24, 2.45) is 0 Å². The average Bonchev–Trinajstić information content (AvgIpc) is 2.66. The normalized spacial score (nSPS) is 11.1. The van der Waals surface area contributed by atoms with Crippen molar-refractivity contribution in [2.45, 2.75) is 20.4 Å². The van der Waals surface area contributed by atoms with Crippen molar-refractivity contribution in [2.75, 3.05) is 5.73 Å². The third-order valence-electron chi connectivity index (χ3n) is 3.40. The number of nitrogens with zero attached hydrogens (tertiary/aromatic N) is 5. The van der Waals surface area contributed by atoms with Gasteiger partial charge < -0.3 is 10.3 Å². The fraction of sp³-hybridized carbons (Fsp3) is 0.231. The summed E-state index contributed by atoms with van der Waals surface area (Å²) in [7, 11) is 0. The molecule has 0 amide bonds. The molecule has 0 bridgehead atoms. The Morgan fingerprint density at radius 1 is 1.16 bits per heavy atom. The molecule has 6 heteroatoms. The monoisotopic (exact) mass is 254 g/mol. The van der Waals surface area contributed by atoms with Crippen molar-refractivity contribution in [1.82, 2.24) is 24.5 Å². The van der Waals surface area contributed by atoms with Crippen molar-refractivity contribution >= 4 is 16.9 Å². The standard InChI is InChI=1S/C13H14N6/c1-8-9(2)19(5-10-3-4-15-6-16-10)13-11(8)12(14)17-7-18-13/h3-4,6-7H,5H2,1-2H3,(H2,14,17,18). The van der Waals surface area contributed by atoms with Gasteiger partial charge in [-0.15, -0.1) is 0 Å². The summed E-state index contributed by atoms with van der Waals surface area (Å²) in [5.74, 6) is 0.520. The van der Waals surface area contributed by atoms with Gasteiger partial charge in [0.15, 0.2) is 0 Å². The molecule has 19 heavy (non-hydrogen) atoms. The Kier molecular flexibility index (Phi) is 2.63. The summed E-state index contributed by atoms with van der Waals surface area (Å²) in [6.45, 7) is 4.74. The van der Waals surface area contributed by atoms with Crippen LogP contribution in [0.2, 0.25) is 0 Å². The Labute approximate surface area is 110 Å². The predicted molar refractivity (Wildman–Crippen MR) is 72.5 cm³/mol. The minimum Gasteiger partial charge on any atom is -0.383 e. The molecule has 0 unspecified atom stereocenters. The fourth-order valence-electron chi connectivity index (χ4n) is 2.26. The molecule has 3 heterocycles. The zero-order chi connectivity index (χ0) is 13.4. The number of nitrogens with two attached hydrogens (primary N) is 1. The lowest BCUT2D eigenvalue weighted by Gasteiger charge is -2.06. The van der Waals surface area contributed by atoms with Gasteiger partial charge in [-0.2, -0.15) is 0 Å². The van der Waals surface area contributed by atoms with Gasteiger partial charge >= 0.3 is 0 Å². The van der Waals surface area contributed by atoms with Gasteiger partial charge in [-0.1, -0.05) is 0 Å². The molecule has 3 rings (SSSR count). The summed E-state index contributed by atoms with van der Waals surface area (Å²) in [5.41, 5.74) is 9.97. The number of aromatic nitrogens is 5. The summed E-state index contributed by atoms with van der Waals surface area (Å²) in [6.07, 6.45) is 4.78. The number of rotatable bonds is 2. The van der Waals surface area contributed by atoms with E-state index in [2.05, 4.69) is 31.4 Å². The molecule has 0 atom stereocenters. The molecule has 0 saturated carbocycles. The zero-order valence-corrected chi connectivity index (χ0v) is 10.8. The lowest BCUT2D eigenvalue weighted by molar-refractivity contribution is 0.763. The van der Waals surface area contributed by atoms with Crippen LogP contribution in [0.15, 0.2) is 24.9 Å². The molecular weight excluding hydrogens is 240 g/mol. The van der Waals surface area contributed by atoms with Crippen LogP contribution in [0.3, 0.4) is 0 Å². The highest BCUT2D eigenvalue weighted by Crippen LogP contribution is 2.27. The number of anilines is 1. The van der Waals surface area contributed by atoms with Crippen molar-refractivity contribution in [1.29, 1.82) is 0 Å². The van der Waals surface area contributed by atoms with E-state index in [0.29, 0.717) is 12.4 Å². The minimum atomic E-state index is 0.520.